The summed E-state index contributed by atoms with van der Waals surface area (Å²) < 4.78 is 22.9. The molecule has 83 heavy (non-hydrogen) atoms. The van der Waals surface area contributed by atoms with Crippen molar-refractivity contribution in [1.82, 2.24) is 5.32 Å². The lowest BCUT2D eigenvalue weighted by atomic mass is 9.97. The Labute approximate surface area is 507 Å². The van der Waals surface area contributed by atoms with Gasteiger partial charge >= 0.3 is 0 Å². The van der Waals surface area contributed by atoms with Crippen LogP contribution in [0.3, 0.4) is 0 Å². The monoisotopic (exact) mass is 1180 g/mol. The standard InChI is InChI=1S/C69H133NO13/c1-3-5-7-9-11-13-15-17-19-21-22-23-24-25-26-27-28-29-30-31-32-33-34-35-37-38-40-42-44-46-48-50-52-58(73)57(70-61(74)53-51-49-47-45-43-41-39-36-20-18-16-14-12-10-8-6-4-2)56-80-68-66(79)64(77)67(60(55-72)82-68)83-69-65(78)63(76)62(75)59(54-71)81-69/h18,20,57-60,62-69,71-73,75-79H,3-17,19,21-56H2,1-2H3,(H,70,74)/b20-18-. The largest absolute Gasteiger partial charge is 0.394 e. The Kier molecular flexibility index (Phi) is 51.4. The topological polar surface area (TPSA) is 228 Å². The minimum Gasteiger partial charge on any atom is -0.394 e. The first kappa shape index (κ1) is 77.8. The first-order valence-electron chi connectivity index (χ1n) is 35.4. The van der Waals surface area contributed by atoms with Crippen LogP contribution in [-0.4, -0.2) is 140 Å². The van der Waals surface area contributed by atoms with Gasteiger partial charge in [-0.3, -0.25) is 4.79 Å². The Hall–Kier alpha value is -1.27. The molecule has 0 aromatic carbocycles. The molecule has 0 aromatic heterocycles. The average molecular weight is 1180 g/mol. The van der Waals surface area contributed by atoms with Gasteiger partial charge in [0.1, 0.15) is 48.8 Å². The van der Waals surface area contributed by atoms with Crippen LogP contribution < -0.4 is 5.32 Å². The number of aliphatic hydroxyl groups excluding tert-OH is 8. The molecular formula is C69H133NO13. The number of unbranched alkanes of at least 4 members (excludes halogenated alkanes) is 44. The number of amides is 1. The lowest BCUT2D eigenvalue weighted by molar-refractivity contribution is -0.359. The number of carbonyl (C=O) groups excluding carboxylic acids is 1. The molecule has 0 spiro atoms. The molecule has 0 bridgehead atoms. The van der Waals surface area contributed by atoms with E-state index in [9.17, 15) is 45.6 Å². The summed E-state index contributed by atoms with van der Waals surface area (Å²) >= 11 is 0. The fraction of sp³-hybridized carbons (Fsp3) is 0.957. The molecule has 14 heteroatoms. The second-order valence-corrected chi connectivity index (χ2v) is 25.4. The molecule has 0 radical (unpaired) electrons. The molecule has 2 aliphatic heterocycles. The third kappa shape index (κ3) is 39.4. The van der Waals surface area contributed by atoms with Gasteiger partial charge in [0.2, 0.25) is 5.91 Å². The van der Waals surface area contributed by atoms with E-state index < -0.39 is 86.8 Å². The Morgan fingerprint density at radius 2 is 0.759 bits per heavy atom. The molecule has 0 saturated carbocycles. The summed E-state index contributed by atoms with van der Waals surface area (Å²) in [5.41, 5.74) is 0. The van der Waals surface area contributed by atoms with E-state index in [1.165, 1.54) is 244 Å². The Morgan fingerprint density at radius 3 is 1.14 bits per heavy atom. The van der Waals surface area contributed by atoms with E-state index in [1.807, 2.05) is 0 Å². The van der Waals surface area contributed by atoms with Gasteiger partial charge < -0.3 is 65.1 Å². The maximum absolute atomic E-state index is 13.3. The number of nitrogens with one attached hydrogen (secondary N) is 1. The number of allylic oxidation sites excluding steroid dienone is 2. The fourth-order valence-corrected chi connectivity index (χ4v) is 12.1. The van der Waals surface area contributed by atoms with E-state index in [2.05, 4.69) is 31.3 Å². The average Bonchev–Trinajstić information content (AvgIpc) is 3.65. The molecule has 12 unspecified atom stereocenters. The second kappa shape index (κ2) is 54.8. The van der Waals surface area contributed by atoms with Crippen LogP contribution in [0.15, 0.2) is 12.2 Å². The van der Waals surface area contributed by atoms with Gasteiger partial charge in [-0.1, -0.05) is 296 Å². The third-order valence-corrected chi connectivity index (χ3v) is 17.7. The van der Waals surface area contributed by atoms with Crippen LogP contribution in [0.5, 0.6) is 0 Å². The first-order chi connectivity index (χ1) is 40.6. The minimum atomic E-state index is -1.78. The summed E-state index contributed by atoms with van der Waals surface area (Å²) in [4.78, 5) is 13.3. The zero-order valence-corrected chi connectivity index (χ0v) is 53.5. The van der Waals surface area contributed by atoms with E-state index >= 15 is 0 Å². The summed E-state index contributed by atoms with van der Waals surface area (Å²) in [7, 11) is 0. The van der Waals surface area contributed by atoms with Gasteiger partial charge in [0.15, 0.2) is 12.6 Å². The number of hydrogen-bond acceptors (Lipinski definition) is 13. The van der Waals surface area contributed by atoms with Crippen LogP contribution in [0.2, 0.25) is 0 Å². The molecule has 2 saturated heterocycles. The number of rotatable bonds is 59. The van der Waals surface area contributed by atoms with Gasteiger partial charge in [0.25, 0.3) is 0 Å². The second-order valence-electron chi connectivity index (χ2n) is 25.4. The van der Waals surface area contributed by atoms with E-state index in [0.717, 1.165) is 57.8 Å². The molecule has 2 heterocycles. The van der Waals surface area contributed by atoms with Crippen molar-refractivity contribution in [1.29, 1.82) is 0 Å². The van der Waals surface area contributed by atoms with Crippen molar-refractivity contribution in [3.05, 3.63) is 12.2 Å². The predicted octanol–water partition coefficient (Wildman–Crippen LogP) is 14.2. The van der Waals surface area contributed by atoms with E-state index in [1.54, 1.807) is 0 Å². The predicted molar refractivity (Wildman–Crippen MR) is 337 cm³/mol. The normalized spacial score (nSPS) is 23.8. The quantitative estimate of drug-likeness (QED) is 0.0204. The number of ether oxygens (including phenoxy) is 4. The van der Waals surface area contributed by atoms with Crippen LogP contribution in [0, 0.1) is 0 Å². The van der Waals surface area contributed by atoms with Crippen molar-refractivity contribution in [2.24, 2.45) is 0 Å². The highest BCUT2D eigenvalue weighted by molar-refractivity contribution is 5.76. The molecule has 9 N–H and O–H groups in total. The highest BCUT2D eigenvalue weighted by atomic mass is 16.7. The Bertz CT molecular complexity index is 1440. The highest BCUT2D eigenvalue weighted by Gasteiger charge is 2.51. The van der Waals surface area contributed by atoms with Gasteiger partial charge in [-0.05, 0) is 38.5 Å². The summed E-state index contributed by atoms with van der Waals surface area (Å²) in [5, 5.41) is 87.5. The van der Waals surface area contributed by atoms with Gasteiger partial charge in [-0.25, -0.2) is 0 Å². The van der Waals surface area contributed by atoms with Crippen LogP contribution in [0.4, 0.5) is 0 Å². The van der Waals surface area contributed by atoms with E-state index in [0.29, 0.717) is 12.8 Å². The summed E-state index contributed by atoms with van der Waals surface area (Å²) in [6.45, 7) is 2.90. The maximum atomic E-state index is 13.3. The molecule has 2 rings (SSSR count). The van der Waals surface area contributed by atoms with E-state index in [-0.39, 0.29) is 12.5 Å². The van der Waals surface area contributed by atoms with Crippen molar-refractivity contribution in [3.8, 4) is 0 Å². The van der Waals surface area contributed by atoms with Gasteiger partial charge in [0, 0.05) is 6.42 Å². The zero-order valence-electron chi connectivity index (χ0n) is 53.5. The molecule has 2 aliphatic rings. The first-order valence-corrected chi connectivity index (χ1v) is 35.4. The number of carbonyl (C=O) groups is 1. The zero-order chi connectivity index (χ0) is 60.2. The third-order valence-electron chi connectivity index (χ3n) is 17.7. The van der Waals surface area contributed by atoms with Crippen molar-refractivity contribution >= 4 is 5.91 Å². The van der Waals surface area contributed by atoms with Crippen molar-refractivity contribution in [2.45, 2.75) is 402 Å². The summed E-state index contributed by atoms with van der Waals surface area (Å²) in [6, 6.07) is -0.829. The molecular weight excluding hydrogens is 1050 g/mol. The minimum absolute atomic E-state index is 0.206. The molecule has 0 aliphatic carbocycles. The van der Waals surface area contributed by atoms with Crippen LogP contribution in [-0.2, 0) is 23.7 Å². The number of aliphatic hydroxyl groups is 8. The summed E-state index contributed by atoms with van der Waals surface area (Å²) in [6.07, 6.45) is 49.5. The van der Waals surface area contributed by atoms with Gasteiger partial charge in [0.05, 0.1) is 32.0 Å². The lowest BCUT2D eigenvalue weighted by Crippen LogP contribution is -2.65. The maximum Gasteiger partial charge on any atom is 0.220 e. The molecule has 2 fully saturated rings. The van der Waals surface area contributed by atoms with Crippen molar-refractivity contribution < 1.29 is 64.6 Å². The molecule has 12 atom stereocenters. The molecule has 0 aromatic rings. The Balaban J connectivity index is 1.63. The van der Waals surface area contributed by atoms with Crippen LogP contribution in [0.25, 0.3) is 0 Å². The highest BCUT2D eigenvalue weighted by Crippen LogP contribution is 2.30. The van der Waals surface area contributed by atoms with E-state index in [4.69, 9.17) is 18.9 Å². The van der Waals surface area contributed by atoms with Crippen molar-refractivity contribution in [2.75, 3.05) is 19.8 Å². The fourth-order valence-electron chi connectivity index (χ4n) is 12.1. The molecule has 492 valence electrons. The smallest absolute Gasteiger partial charge is 0.220 e. The SMILES string of the molecule is CCCCCCCC/C=C\CCCCCCCCCC(=O)NC(COC1OC(CO)C(OC2OC(CO)C(O)C(O)C2O)C(O)C1O)C(O)CCCCCCCCCCCCCCCCCCCCCCCCCCCCCCCCCC. The van der Waals surface area contributed by atoms with Gasteiger partial charge in [-0.15, -0.1) is 0 Å². The van der Waals surface area contributed by atoms with Crippen LogP contribution >= 0.6 is 0 Å². The molecule has 14 nitrogen and oxygen atoms in total. The summed E-state index contributed by atoms with van der Waals surface area (Å²) in [5.74, 6) is -0.206. The van der Waals surface area contributed by atoms with Crippen LogP contribution in [0.1, 0.15) is 328 Å². The lowest BCUT2D eigenvalue weighted by Gasteiger charge is -2.46. The van der Waals surface area contributed by atoms with Crippen molar-refractivity contribution in [3.63, 3.8) is 0 Å². The van der Waals surface area contributed by atoms with Gasteiger partial charge in [-0.2, -0.15) is 0 Å². The molecule has 1 amide bonds. The Morgan fingerprint density at radius 1 is 0.422 bits per heavy atom. The number of hydrogen-bond donors (Lipinski definition) is 9.